The molecule has 2 saturated carbocycles. The number of halogens is 1. The van der Waals surface area contributed by atoms with Gasteiger partial charge in [0, 0.05) is 36.1 Å². The molecule has 0 bridgehead atoms. The van der Waals surface area contributed by atoms with Crippen LogP contribution in [0.1, 0.15) is 42.1 Å². The molecule has 182 valence electrons. The fraction of sp³-hybridized carbons (Fsp3) is 0.276. The Morgan fingerprint density at radius 3 is 2.50 bits per heavy atom. The maximum atomic E-state index is 14.7. The lowest BCUT2D eigenvalue weighted by atomic mass is 9.65. The molecule has 2 aliphatic rings. The van der Waals surface area contributed by atoms with Crippen molar-refractivity contribution < 1.29 is 19.1 Å². The fourth-order valence-corrected chi connectivity index (χ4v) is 6.28. The molecule has 1 unspecified atom stereocenters. The quantitative estimate of drug-likeness (QED) is 0.375. The number of nitrogens with zero attached hydrogens (tertiary/aromatic N) is 2. The van der Waals surface area contributed by atoms with Gasteiger partial charge in [0.25, 0.3) is 5.91 Å². The number of amides is 1. The summed E-state index contributed by atoms with van der Waals surface area (Å²) < 4.78 is 16.6. The topological polar surface area (TPSA) is 84.2 Å². The predicted molar refractivity (Wildman–Crippen MR) is 134 cm³/mol. The third kappa shape index (κ3) is 3.66. The zero-order valence-electron chi connectivity index (χ0n) is 19.9. The van der Waals surface area contributed by atoms with Crippen molar-refractivity contribution >= 4 is 22.8 Å². The van der Waals surface area contributed by atoms with Crippen molar-refractivity contribution in [3.8, 4) is 11.1 Å². The minimum absolute atomic E-state index is 0.110. The molecule has 1 amide bonds. The number of carbonyl (C=O) groups excluding carboxylic acids is 1. The van der Waals surface area contributed by atoms with Crippen molar-refractivity contribution in [3.63, 3.8) is 0 Å². The van der Waals surface area contributed by atoms with Gasteiger partial charge >= 0.3 is 5.97 Å². The average Bonchev–Trinajstić information content (AvgIpc) is 3.27. The van der Waals surface area contributed by atoms with E-state index in [1.54, 1.807) is 24.5 Å². The molecule has 2 fully saturated rings. The van der Waals surface area contributed by atoms with E-state index in [0.717, 1.165) is 23.1 Å². The van der Waals surface area contributed by atoms with Crippen LogP contribution in [-0.2, 0) is 11.3 Å². The monoisotopic (exact) mass is 483 g/mol. The second-order valence-electron chi connectivity index (χ2n) is 10.5. The predicted octanol–water partition coefficient (Wildman–Crippen LogP) is 5.26. The number of benzene rings is 2. The highest BCUT2D eigenvalue weighted by atomic mass is 19.1. The Bertz CT molecular complexity index is 1500. The van der Waals surface area contributed by atoms with E-state index >= 15 is 0 Å². The number of carboxylic acid groups (broad SMARTS) is 1. The van der Waals surface area contributed by atoms with Gasteiger partial charge in [-0.25, -0.2) is 4.39 Å². The van der Waals surface area contributed by atoms with Gasteiger partial charge in [-0.2, -0.15) is 0 Å². The molecule has 0 spiro atoms. The maximum absolute atomic E-state index is 14.7. The highest BCUT2D eigenvalue weighted by Gasteiger charge is 2.73. The van der Waals surface area contributed by atoms with Gasteiger partial charge in [-0.05, 0) is 71.2 Å². The first-order valence-corrected chi connectivity index (χ1v) is 12.1. The van der Waals surface area contributed by atoms with Gasteiger partial charge < -0.3 is 15.0 Å². The van der Waals surface area contributed by atoms with Gasteiger partial charge in [-0.15, -0.1) is 0 Å². The molecule has 7 heteroatoms. The van der Waals surface area contributed by atoms with Crippen molar-refractivity contribution in [1.82, 2.24) is 14.9 Å². The summed E-state index contributed by atoms with van der Waals surface area (Å²) in [5.74, 6) is -1.25. The molecule has 2 aromatic carbocycles. The van der Waals surface area contributed by atoms with Crippen molar-refractivity contribution in [3.05, 3.63) is 90.1 Å². The van der Waals surface area contributed by atoms with Gasteiger partial charge in [0.05, 0.1) is 17.5 Å². The SMILES string of the molecule is C[C@@]1(CC(=O)O)CC2(NC(=O)c3ccc(F)c4ccn(Cc5ccc(-c6ccncc6)cc5)c34)C[C@H]21. The van der Waals surface area contributed by atoms with Crippen LogP contribution in [0.3, 0.4) is 0 Å². The molecule has 2 aliphatic carbocycles. The Balaban J connectivity index is 1.25. The van der Waals surface area contributed by atoms with E-state index in [2.05, 4.69) is 10.3 Å². The lowest BCUT2D eigenvalue weighted by molar-refractivity contribution is -0.141. The number of aliphatic carboxylic acids is 1. The number of hydrogen-bond donors (Lipinski definition) is 2. The normalized spacial score (nSPS) is 24.1. The van der Waals surface area contributed by atoms with Crippen LogP contribution in [-0.4, -0.2) is 32.1 Å². The highest BCUT2D eigenvalue weighted by Crippen LogP contribution is 2.71. The summed E-state index contributed by atoms with van der Waals surface area (Å²) in [6, 6.07) is 16.7. The maximum Gasteiger partial charge on any atom is 0.303 e. The molecule has 36 heavy (non-hydrogen) atoms. The molecule has 2 N–H and O–H groups in total. The van der Waals surface area contributed by atoms with Gasteiger partial charge in [0.2, 0.25) is 0 Å². The summed E-state index contributed by atoms with van der Waals surface area (Å²) in [5.41, 5.74) is 3.58. The first-order valence-electron chi connectivity index (χ1n) is 12.1. The standard InChI is InChI=1S/C29H26FN3O3/c1-28(15-25(34)35)17-29(14-24(28)29)32-27(36)22-6-7-23(30)21-10-13-33(26(21)22)16-18-2-4-19(5-3-18)20-8-11-31-12-9-20/h2-13,24H,14-17H2,1H3,(H,32,36)(H,34,35)/t24-,28+,29?/m0/s1. The van der Waals surface area contributed by atoms with Crippen LogP contribution in [0.25, 0.3) is 22.0 Å². The van der Waals surface area contributed by atoms with Crippen LogP contribution < -0.4 is 5.32 Å². The van der Waals surface area contributed by atoms with E-state index in [1.165, 1.54) is 6.07 Å². The molecular formula is C29H26FN3O3. The zero-order chi connectivity index (χ0) is 25.1. The molecule has 0 radical (unpaired) electrons. The number of aromatic nitrogens is 2. The first-order chi connectivity index (χ1) is 17.3. The number of rotatable bonds is 7. The number of nitrogens with one attached hydrogen (secondary N) is 1. The third-order valence-electron chi connectivity index (χ3n) is 7.99. The fourth-order valence-electron chi connectivity index (χ4n) is 6.28. The highest BCUT2D eigenvalue weighted by molar-refractivity contribution is 6.06. The first kappa shape index (κ1) is 22.5. The summed E-state index contributed by atoms with van der Waals surface area (Å²) in [4.78, 5) is 28.7. The molecule has 4 aromatic rings. The smallest absolute Gasteiger partial charge is 0.303 e. The van der Waals surface area contributed by atoms with Crippen LogP contribution >= 0.6 is 0 Å². The molecule has 2 aromatic heterocycles. The van der Waals surface area contributed by atoms with Crippen molar-refractivity contribution in [2.75, 3.05) is 0 Å². The largest absolute Gasteiger partial charge is 0.481 e. The van der Waals surface area contributed by atoms with E-state index < -0.39 is 5.97 Å². The van der Waals surface area contributed by atoms with Crippen LogP contribution in [0.5, 0.6) is 0 Å². The Kier molecular flexibility index (Phi) is 5.00. The molecule has 0 saturated heterocycles. The Labute approximate surface area is 207 Å². The van der Waals surface area contributed by atoms with E-state index in [-0.39, 0.29) is 35.0 Å². The van der Waals surface area contributed by atoms with Crippen LogP contribution in [0.2, 0.25) is 0 Å². The van der Waals surface area contributed by atoms with Gasteiger partial charge in [0.1, 0.15) is 5.82 Å². The van der Waals surface area contributed by atoms with Crippen molar-refractivity contribution in [2.45, 2.75) is 38.3 Å². The summed E-state index contributed by atoms with van der Waals surface area (Å²) in [7, 11) is 0. The minimum Gasteiger partial charge on any atom is -0.481 e. The molecular weight excluding hydrogens is 457 g/mol. The molecule has 6 nitrogen and oxygen atoms in total. The Hall–Kier alpha value is -4.00. The van der Waals surface area contributed by atoms with Crippen LogP contribution in [0.15, 0.2) is 73.2 Å². The summed E-state index contributed by atoms with van der Waals surface area (Å²) >= 11 is 0. The number of carbonyl (C=O) groups is 2. The minimum atomic E-state index is -0.809. The van der Waals surface area contributed by atoms with Crippen molar-refractivity contribution in [1.29, 1.82) is 0 Å². The summed E-state index contributed by atoms with van der Waals surface area (Å²) in [5, 5.41) is 12.8. The lowest BCUT2D eigenvalue weighted by Gasteiger charge is -2.44. The lowest BCUT2D eigenvalue weighted by Crippen LogP contribution is -2.52. The van der Waals surface area contributed by atoms with E-state index in [4.69, 9.17) is 0 Å². The summed E-state index contributed by atoms with van der Waals surface area (Å²) in [6.45, 7) is 2.47. The molecule has 6 rings (SSSR count). The zero-order valence-corrected chi connectivity index (χ0v) is 19.9. The third-order valence-corrected chi connectivity index (χ3v) is 7.99. The molecule has 3 atom stereocenters. The average molecular weight is 484 g/mol. The number of fused-ring (bicyclic) bond motifs is 2. The van der Waals surface area contributed by atoms with E-state index in [9.17, 15) is 19.1 Å². The van der Waals surface area contributed by atoms with Crippen LogP contribution in [0.4, 0.5) is 4.39 Å². The van der Waals surface area contributed by atoms with Gasteiger partial charge in [-0.1, -0.05) is 31.2 Å². The van der Waals surface area contributed by atoms with E-state index in [0.29, 0.717) is 29.4 Å². The van der Waals surface area contributed by atoms with Crippen molar-refractivity contribution in [2.24, 2.45) is 11.3 Å². The molecule has 0 aliphatic heterocycles. The number of carboxylic acids is 1. The summed E-state index contributed by atoms with van der Waals surface area (Å²) in [6.07, 6.45) is 6.88. The van der Waals surface area contributed by atoms with Gasteiger partial charge in [0.15, 0.2) is 0 Å². The number of pyridine rings is 1. The second kappa shape index (κ2) is 8.01. The van der Waals surface area contributed by atoms with Gasteiger partial charge in [-0.3, -0.25) is 14.6 Å². The van der Waals surface area contributed by atoms with E-state index in [1.807, 2.05) is 54.1 Å². The number of hydrogen-bond acceptors (Lipinski definition) is 3. The Morgan fingerprint density at radius 1 is 1.08 bits per heavy atom. The second-order valence-corrected chi connectivity index (χ2v) is 10.5. The van der Waals surface area contributed by atoms with Crippen LogP contribution in [0, 0.1) is 17.2 Å². The molecule has 2 heterocycles. The Morgan fingerprint density at radius 2 is 1.81 bits per heavy atom.